The third-order valence-electron chi connectivity index (χ3n) is 7.11. The lowest BCUT2D eigenvalue weighted by Crippen LogP contribution is -2.58. The molecule has 3 heterocycles. The number of para-hydroxylation sites is 2. The third kappa shape index (κ3) is 2.09. The molecule has 0 N–H and O–H groups in total. The fourth-order valence-corrected chi connectivity index (χ4v) is 5.56. The molecule has 142 valence electrons. The Bertz CT molecular complexity index is 1390. The molecule has 0 saturated heterocycles. The summed E-state index contributed by atoms with van der Waals surface area (Å²) in [6, 6.07) is 29.0. The highest BCUT2D eigenvalue weighted by atomic mass is 15.2. The Kier molecular flexibility index (Phi) is 3.44. The number of pyridine rings is 1. The first-order valence-electron chi connectivity index (χ1n) is 10.7. The fourth-order valence-electron chi connectivity index (χ4n) is 5.56. The molecular formula is C27H25N2+. The van der Waals surface area contributed by atoms with Crippen LogP contribution < -0.4 is 4.57 Å². The van der Waals surface area contributed by atoms with Gasteiger partial charge in [0.2, 0.25) is 0 Å². The monoisotopic (exact) mass is 377 g/mol. The molecule has 0 fully saturated rings. The van der Waals surface area contributed by atoms with Gasteiger partial charge in [0.05, 0.1) is 5.39 Å². The summed E-state index contributed by atoms with van der Waals surface area (Å²) in [7, 11) is 0. The van der Waals surface area contributed by atoms with Crippen molar-refractivity contribution in [2.24, 2.45) is 0 Å². The second kappa shape index (κ2) is 5.93. The molecule has 3 aromatic carbocycles. The molecule has 0 unspecified atom stereocenters. The molecule has 5 aromatic rings. The number of benzene rings is 3. The largest absolute Gasteiger partial charge is 0.296 e. The van der Waals surface area contributed by atoms with Crippen LogP contribution in [0.25, 0.3) is 38.7 Å². The van der Waals surface area contributed by atoms with E-state index in [-0.39, 0.29) is 5.54 Å². The molecule has 0 amide bonds. The first kappa shape index (κ1) is 16.8. The Morgan fingerprint density at radius 2 is 1.62 bits per heavy atom. The summed E-state index contributed by atoms with van der Waals surface area (Å²) in [5.74, 6) is 0. The fraction of sp³-hybridized carbons (Fsp3) is 0.222. The Hall–Kier alpha value is -3.13. The van der Waals surface area contributed by atoms with Gasteiger partial charge in [-0.15, -0.1) is 0 Å². The summed E-state index contributed by atoms with van der Waals surface area (Å²) in [5.41, 5.74) is 8.12. The van der Waals surface area contributed by atoms with Crippen LogP contribution in [-0.2, 0) is 12.0 Å². The van der Waals surface area contributed by atoms with Crippen LogP contribution in [0.15, 0.2) is 78.9 Å². The van der Waals surface area contributed by atoms with Crippen molar-refractivity contribution < 1.29 is 4.57 Å². The number of hydrogen-bond donors (Lipinski definition) is 0. The summed E-state index contributed by atoms with van der Waals surface area (Å²) in [4.78, 5) is 0. The van der Waals surface area contributed by atoms with E-state index < -0.39 is 0 Å². The lowest BCUT2D eigenvalue weighted by Gasteiger charge is -2.33. The maximum absolute atomic E-state index is 2.67. The first-order chi connectivity index (χ1) is 14.3. The number of rotatable bonds is 3. The highest BCUT2D eigenvalue weighted by molar-refractivity contribution is 6.01. The zero-order valence-corrected chi connectivity index (χ0v) is 17.0. The van der Waals surface area contributed by atoms with Crippen molar-refractivity contribution in [2.45, 2.75) is 38.6 Å². The predicted molar refractivity (Wildman–Crippen MR) is 120 cm³/mol. The van der Waals surface area contributed by atoms with Gasteiger partial charge in [0.1, 0.15) is 11.2 Å². The number of fused-ring (bicyclic) bond motifs is 3. The van der Waals surface area contributed by atoms with E-state index in [0.29, 0.717) is 0 Å². The summed E-state index contributed by atoms with van der Waals surface area (Å²) < 4.78 is 5.18. The molecule has 1 aliphatic rings. The summed E-state index contributed by atoms with van der Waals surface area (Å²) >= 11 is 0. The standard InChI is InChI=1S/C27H25N2/c1-3-27(4-2)18-21-14-10-13-20-17-24(19-11-6-5-7-12-19)28-22-15-8-9-16-23(22)29(27)26(28)25(20)21/h5-17H,3-4,18H2,1-2H3/q+1. The average molecular weight is 378 g/mol. The molecule has 0 radical (unpaired) electrons. The Morgan fingerprint density at radius 3 is 2.41 bits per heavy atom. The Balaban J connectivity index is 1.94. The highest BCUT2D eigenvalue weighted by Gasteiger charge is 2.43. The van der Waals surface area contributed by atoms with Crippen molar-refractivity contribution in [1.29, 1.82) is 0 Å². The molecule has 0 bridgehead atoms. The first-order valence-corrected chi connectivity index (χ1v) is 10.7. The number of aromatic nitrogens is 2. The maximum Gasteiger partial charge on any atom is 0.296 e. The molecule has 0 spiro atoms. The zero-order chi connectivity index (χ0) is 19.6. The predicted octanol–water partition coefficient (Wildman–Crippen LogP) is 6.27. The van der Waals surface area contributed by atoms with Crippen molar-refractivity contribution in [3.05, 3.63) is 84.4 Å². The van der Waals surface area contributed by atoms with E-state index in [0.717, 1.165) is 19.3 Å². The lowest BCUT2D eigenvalue weighted by molar-refractivity contribution is -0.721. The van der Waals surface area contributed by atoms with E-state index in [1.165, 1.54) is 44.3 Å². The number of nitrogens with zero attached hydrogens (tertiary/aromatic N) is 2. The van der Waals surface area contributed by atoms with E-state index in [1.54, 1.807) is 0 Å². The molecule has 0 saturated carbocycles. The van der Waals surface area contributed by atoms with E-state index in [2.05, 4.69) is 102 Å². The van der Waals surface area contributed by atoms with Crippen molar-refractivity contribution in [3.8, 4) is 11.3 Å². The number of hydrogen-bond acceptors (Lipinski definition) is 0. The Morgan fingerprint density at radius 1 is 0.862 bits per heavy atom. The smallest absolute Gasteiger partial charge is 0.217 e. The van der Waals surface area contributed by atoms with E-state index in [1.807, 2.05) is 0 Å². The van der Waals surface area contributed by atoms with Crippen LogP contribution in [0.3, 0.4) is 0 Å². The van der Waals surface area contributed by atoms with Crippen LogP contribution in [0.1, 0.15) is 32.3 Å². The van der Waals surface area contributed by atoms with Gasteiger partial charge in [-0.05, 0) is 42.0 Å². The molecule has 6 rings (SSSR count). The number of imidazole rings is 1. The summed E-state index contributed by atoms with van der Waals surface area (Å²) in [5, 5.41) is 2.76. The van der Waals surface area contributed by atoms with Crippen molar-refractivity contribution in [3.63, 3.8) is 0 Å². The van der Waals surface area contributed by atoms with Crippen molar-refractivity contribution in [2.75, 3.05) is 0 Å². The molecule has 1 aliphatic heterocycles. The van der Waals surface area contributed by atoms with Gasteiger partial charge in [-0.2, -0.15) is 4.40 Å². The maximum atomic E-state index is 2.67. The SMILES string of the molecule is CCC1(CC)Cc2cccc3cc(-c4ccccc4)n4c5ccccc5[n+]1c4c23. The van der Waals surface area contributed by atoms with Crippen LogP contribution in [0.2, 0.25) is 0 Å². The zero-order valence-electron chi connectivity index (χ0n) is 17.0. The molecule has 29 heavy (non-hydrogen) atoms. The van der Waals surface area contributed by atoms with Gasteiger partial charge in [-0.25, -0.2) is 4.57 Å². The Labute approximate surface area is 171 Å². The van der Waals surface area contributed by atoms with Crippen LogP contribution in [0, 0.1) is 0 Å². The second-order valence-electron chi connectivity index (χ2n) is 8.37. The molecule has 2 heteroatoms. The van der Waals surface area contributed by atoms with Crippen LogP contribution >= 0.6 is 0 Å². The molecule has 2 aromatic heterocycles. The third-order valence-corrected chi connectivity index (χ3v) is 7.11. The minimum Gasteiger partial charge on any atom is -0.217 e. The van der Waals surface area contributed by atoms with Crippen LogP contribution in [0.5, 0.6) is 0 Å². The molecule has 0 atom stereocenters. The van der Waals surface area contributed by atoms with Crippen LogP contribution in [0.4, 0.5) is 0 Å². The molecule has 0 aliphatic carbocycles. The van der Waals surface area contributed by atoms with Crippen molar-refractivity contribution >= 4 is 27.5 Å². The van der Waals surface area contributed by atoms with Gasteiger partial charge in [0.15, 0.2) is 11.0 Å². The minimum absolute atomic E-state index is 0.116. The quantitative estimate of drug-likeness (QED) is 0.327. The van der Waals surface area contributed by atoms with Gasteiger partial charge in [-0.1, -0.05) is 74.5 Å². The van der Waals surface area contributed by atoms with E-state index in [9.17, 15) is 0 Å². The van der Waals surface area contributed by atoms with Gasteiger partial charge in [0, 0.05) is 12.0 Å². The highest BCUT2D eigenvalue weighted by Crippen LogP contribution is 2.40. The lowest BCUT2D eigenvalue weighted by atomic mass is 9.81. The van der Waals surface area contributed by atoms with Gasteiger partial charge >= 0.3 is 0 Å². The summed E-state index contributed by atoms with van der Waals surface area (Å²) in [6.07, 6.45) is 3.36. The van der Waals surface area contributed by atoms with E-state index >= 15 is 0 Å². The van der Waals surface area contributed by atoms with Gasteiger partial charge in [-0.3, -0.25) is 0 Å². The average Bonchev–Trinajstić information content (AvgIpc) is 3.14. The van der Waals surface area contributed by atoms with Crippen LogP contribution in [-0.4, -0.2) is 4.40 Å². The molecular weight excluding hydrogens is 352 g/mol. The normalized spacial score (nSPS) is 15.0. The topological polar surface area (TPSA) is 8.29 Å². The van der Waals surface area contributed by atoms with Gasteiger partial charge in [0.25, 0.3) is 5.65 Å². The minimum atomic E-state index is 0.116. The van der Waals surface area contributed by atoms with Gasteiger partial charge < -0.3 is 0 Å². The van der Waals surface area contributed by atoms with E-state index in [4.69, 9.17) is 0 Å². The van der Waals surface area contributed by atoms with Crippen molar-refractivity contribution in [1.82, 2.24) is 4.40 Å². The second-order valence-corrected chi connectivity index (χ2v) is 8.37. The summed E-state index contributed by atoms with van der Waals surface area (Å²) in [6.45, 7) is 4.70. The molecule has 2 nitrogen and oxygen atoms in total.